The van der Waals surface area contributed by atoms with E-state index >= 15 is 0 Å². The normalized spacial score (nSPS) is 23.8. The van der Waals surface area contributed by atoms with E-state index in [0.717, 1.165) is 23.8 Å². The molecule has 3 heteroatoms. The van der Waals surface area contributed by atoms with Gasteiger partial charge in [-0.25, -0.2) is 4.39 Å². The van der Waals surface area contributed by atoms with Crippen LogP contribution in [-0.4, -0.2) is 13.7 Å². The lowest BCUT2D eigenvalue weighted by molar-refractivity contribution is 0.217. The molecule has 0 saturated heterocycles. The first-order chi connectivity index (χ1) is 10.2. The molecule has 1 aromatic carbocycles. The first-order valence-corrected chi connectivity index (χ1v) is 8.26. The third-order valence-electron chi connectivity index (χ3n) is 4.89. The van der Waals surface area contributed by atoms with Gasteiger partial charge in [0.15, 0.2) is 0 Å². The summed E-state index contributed by atoms with van der Waals surface area (Å²) in [6.45, 7) is 5.27. The van der Waals surface area contributed by atoms with Crippen molar-refractivity contribution in [2.45, 2.75) is 52.0 Å². The minimum atomic E-state index is -0.184. The lowest BCUT2D eigenvalue weighted by Gasteiger charge is -2.35. The molecule has 0 aliphatic heterocycles. The molecule has 21 heavy (non-hydrogen) atoms. The fourth-order valence-electron chi connectivity index (χ4n) is 3.63. The van der Waals surface area contributed by atoms with Crippen LogP contribution in [0.1, 0.15) is 57.6 Å². The van der Waals surface area contributed by atoms with Crippen molar-refractivity contribution in [2.75, 3.05) is 13.7 Å². The van der Waals surface area contributed by atoms with Gasteiger partial charge in [0.25, 0.3) is 0 Å². The monoisotopic (exact) mass is 293 g/mol. The number of hydrogen-bond donors (Lipinski definition) is 1. The van der Waals surface area contributed by atoms with Crippen molar-refractivity contribution in [1.82, 2.24) is 5.32 Å². The summed E-state index contributed by atoms with van der Waals surface area (Å²) >= 11 is 0. The minimum Gasteiger partial charge on any atom is -0.496 e. The Hall–Kier alpha value is -1.09. The Morgan fingerprint density at radius 3 is 2.52 bits per heavy atom. The molecule has 1 aliphatic carbocycles. The molecule has 0 amide bonds. The highest BCUT2D eigenvalue weighted by Crippen LogP contribution is 2.40. The van der Waals surface area contributed by atoms with E-state index in [0.29, 0.717) is 5.92 Å². The maximum Gasteiger partial charge on any atom is 0.123 e. The van der Waals surface area contributed by atoms with E-state index in [1.54, 1.807) is 19.2 Å². The van der Waals surface area contributed by atoms with Crippen LogP contribution in [0.25, 0.3) is 0 Å². The quantitative estimate of drug-likeness (QED) is 0.820. The molecule has 1 atom stereocenters. The fourth-order valence-corrected chi connectivity index (χ4v) is 3.63. The first kappa shape index (κ1) is 16.3. The first-order valence-electron chi connectivity index (χ1n) is 8.26. The van der Waals surface area contributed by atoms with Crippen molar-refractivity contribution in [3.63, 3.8) is 0 Å². The Morgan fingerprint density at radius 1 is 1.24 bits per heavy atom. The van der Waals surface area contributed by atoms with E-state index in [4.69, 9.17) is 4.74 Å². The van der Waals surface area contributed by atoms with Crippen molar-refractivity contribution < 1.29 is 9.13 Å². The Balaban J connectivity index is 2.21. The minimum absolute atomic E-state index is 0.184. The van der Waals surface area contributed by atoms with Crippen LogP contribution in [0.15, 0.2) is 18.2 Å². The SMILES string of the molecule is CCNC(c1cc(F)ccc1OC)C1CCC(CC)CC1. The zero-order valence-electron chi connectivity index (χ0n) is 13.5. The van der Waals surface area contributed by atoms with E-state index in [-0.39, 0.29) is 11.9 Å². The van der Waals surface area contributed by atoms with E-state index in [2.05, 4.69) is 19.2 Å². The van der Waals surface area contributed by atoms with Gasteiger partial charge in [-0.1, -0.05) is 33.1 Å². The highest BCUT2D eigenvalue weighted by atomic mass is 19.1. The second-order valence-electron chi connectivity index (χ2n) is 6.11. The van der Waals surface area contributed by atoms with Crippen LogP contribution in [0.5, 0.6) is 5.75 Å². The summed E-state index contributed by atoms with van der Waals surface area (Å²) in [5.41, 5.74) is 0.972. The van der Waals surface area contributed by atoms with Gasteiger partial charge in [0, 0.05) is 11.6 Å². The molecule has 1 N–H and O–H groups in total. The predicted octanol–water partition coefficient (Wildman–Crippen LogP) is 4.70. The summed E-state index contributed by atoms with van der Waals surface area (Å²) in [6.07, 6.45) is 6.30. The van der Waals surface area contributed by atoms with E-state index < -0.39 is 0 Å². The zero-order chi connectivity index (χ0) is 15.2. The molecule has 0 bridgehead atoms. The van der Waals surface area contributed by atoms with Crippen molar-refractivity contribution in [2.24, 2.45) is 11.8 Å². The van der Waals surface area contributed by atoms with Crippen LogP contribution in [-0.2, 0) is 0 Å². The lowest BCUT2D eigenvalue weighted by Crippen LogP contribution is -2.31. The maximum atomic E-state index is 13.7. The molecule has 1 saturated carbocycles. The number of rotatable bonds is 6. The average molecular weight is 293 g/mol. The van der Waals surface area contributed by atoms with Crippen molar-refractivity contribution >= 4 is 0 Å². The summed E-state index contributed by atoms with van der Waals surface area (Å²) < 4.78 is 19.1. The maximum absolute atomic E-state index is 13.7. The number of halogens is 1. The van der Waals surface area contributed by atoms with Crippen molar-refractivity contribution in [1.29, 1.82) is 0 Å². The molecule has 0 spiro atoms. The number of hydrogen-bond acceptors (Lipinski definition) is 2. The Labute approximate surface area is 128 Å². The third kappa shape index (κ3) is 3.97. The zero-order valence-corrected chi connectivity index (χ0v) is 13.5. The standard InChI is InChI=1S/C18H28FNO/c1-4-13-6-8-14(9-7-13)18(20-5-2)16-12-15(19)10-11-17(16)21-3/h10-14,18,20H,4-9H2,1-3H3. The van der Waals surface area contributed by atoms with Gasteiger partial charge in [-0.3, -0.25) is 0 Å². The molecule has 0 aromatic heterocycles. The van der Waals surface area contributed by atoms with E-state index in [9.17, 15) is 4.39 Å². The van der Waals surface area contributed by atoms with Gasteiger partial charge in [0.1, 0.15) is 11.6 Å². The molecule has 2 rings (SSSR count). The number of methoxy groups -OCH3 is 1. The van der Waals surface area contributed by atoms with Crippen LogP contribution >= 0.6 is 0 Å². The molecule has 0 radical (unpaired) electrons. The summed E-state index contributed by atoms with van der Waals surface area (Å²) in [6, 6.07) is 5.04. The summed E-state index contributed by atoms with van der Waals surface area (Å²) in [4.78, 5) is 0. The van der Waals surface area contributed by atoms with Crippen LogP contribution in [0.3, 0.4) is 0 Å². The summed E-state index contributed by atoms with van der Waals surface area (Å²) in [5.74, 6) is 2.05. The molecule has 1 aromatic rings. The van der Waals surface area contributed by atoms with Gasteiger partial charge < -0.3 is 10.1 Å². The van der Waals surface area contributed by atoms with Crippen LogP contribution in [0.2, 0.25) is 0 Å². The Kier molecular flexibility index (Phi) is 6.04. The molecule has 1 fully saturated rings. The number of benzene rings is 1. The topological polar surface area (TPSA) is 21.3 Å². The van der Waals surface area contributed by atoms with Gasteiger partial charge in [-0.05, 0) is 49.4 Å². The molecule has 1 aliphatic rings. The van der Waals surface area contributed by atoms with Gasteiger partial charge >= 0.3 is 0 Å². The van der Waals surface area contributed by atoms with Crippen LogP contribution in [0, 0.1) is 17.7 Å². The molecule has 2 nitrogen and oxygen atoms in total. The molecular weight excluding hydrogens is 265 g/mol. The van der Waals surface area contributed by atoms with Gasteiger partial charge in [0.2, 0.25) is 0 Å². The summed E-state index contributed by atoms with van der Waals surface area (Å²) in [7, 11) is 1.66. The second-order valence-corrected chi connectivity index (χ2v) is 6.11. The largest absolute Gasteiger partial charge is 0.496 e. The summed E-state index contributed by atoms with van der Waals surface area (Å²) in [5, 5.41) is 3.56. The van der Waals surface area contributed by atoms with Crippen LogP contribution < -0.4 is 10.1 Å². The highest BCUT2D eigenvalue weighted by molar-refractivity contribution is 5.37. The molecule has 0 heterocycles. The third-order valence-corrected chi connectivity index (χ3v) is 4.89. The van der Waals surface area contributed by atoms with Gasteiger partial charge in [0.05, 0.1) is 7.11 Å². The molecular formula is C18H28FNO. The molecule has 1 unspecified atom stereocenters. The number of ether oxygens (including phenoxy) is 1. The number of nitrogens with one attached hydrogen (secondary N) is 1. The lowest BCUT2D eigenvalue weighted by atomic mass is 9.76. The van der Waals surface area contributed by atoms with E-state index in [1.165, 1.54) is 38.2 Å². The van der Waals surface area contributed by atoms with Gasteiger partial charge in [-0.15, -0.1) is 0 Å². The van der Waals surface area contributed by atoms with Crippen LogP contribution in [0.4, 0.5) is 4.39 Å². The van der Waals surface area contributed by atoms with Crippen molar-refractivity contribution in [3.05, 3.63) is 29.6 Å². The van der Waals surface area contributed by atoms with Gasteiger partial charge in [-0.2, -0.15) is 0 Å². The van der Waals surface area contributed by atoms with E-state index in [1.807, 2.05) is 0 Å². The smallest absolute Gasteiger partial charge is 0.123 e. The predicted molar refractivity (Wildman–Crippen MR) is 85.1 cm³/mol. The van der Waals surface area contributed by atoms with Crippen molar-refractivity contribution in [3.8, 4) is 5.75 Å². The average Bonchev–Trinajstić information content (AvgIpc) is 2.53. The fraction of sp³-hybridized carbons (Fsp3) is 0.667. The second kappa shape index (κ2) is 7.79. The Bertz CT molecular complexity index is 441. The Morgan fingerprint density at radius 2 is 1.95 bits per heavy atom. The highest BCUT2D eigenvalue weighted by Gasteiger charge is 2.29. The molecule has 118 valence electrons.